The fourth-order valence-electron chi connectivity index (χ4n) is 1.16. The molecule has 0 N–H and O–H groups in total. The van der Waals surface area contributed by atoms with Gasteiger partial charge in [-0.05, 0) is 19.1 Å². The van der Waals surface area contributed by atoms with Crippen LogP contribution >= 0.6 is 0 Å². The van der Waals surface area contributed by atoms with Gasteiger partial charge in [0.15, 0.2) is 5.78 Å². The minimum absolute atomic E-state index is 0.0125. The summed E-state index contributed by atoms with van der Waals surface area (Å²) in [5.74, 6) is 1.38. The lowest BCUT2D eigenvalue weighted by Crippen LogP contribution is -2.12. The zero-order valence-electron chi connectivity index (χ0n) is 6.66. The first kappa shape index (κ1) is 7.16. The molecule has 0 saturated heterocycles. The van der Waals surface area contributed by atoms with Crippen molar-refractivity contribution >= 4 is 5.78 Å². The largest absolute Gasteiger partial charge is 0.457 e. The molecule has 0 amide bonds. The van der Waals surface area contributed by atoms with E-state index in [-0.39, 0.29) is 12.6 Å². The van der Waals surface area contributed by atoms with Crippen LogP contribution < -0.4 is 9.47 Å². The molecule has 1 heterocycles. The van der Waals surface area contributed by atoms with E-state index in [9.17, 15) is 4.79 Å². The summed E-state index contributed by atoms with van der Waals surface area (Å²) in [6.07, 6.45) is 0. The smallest absolute Gasteiger partial charge is 0.230 e. The Morgan fingerprint density at radius 2 is 2.25 bits per heavy atom. The van der Waals surface area contributed by atoms with Crippen LogP contribution in [-0.4, -0.2) is 12.6 Å². The minimum Gasteiger partial charge on any atom is -0.457 e. The molecular weight excluding hydrogens is 156 g/mol. The van der Waals surface area contributed by atoms with Crippen LogP contribution in [0.1, 0.15) is 17.3 Å². The number of hydrogen-bond donors (Lipinski definition) is 0. The zero-order chi connectivity index (χ0) is 8.55. The van der Waals surface area contributed by atoms with Gasteiger partial charge in [0.1, 0.15) is 11.5 Å². The van der Waals surface area contributed by atoms with Crippen molar-refractivity contribution in [1.29, 1.82) is 0 Å². The molecule has 62 valence electrons. The van der Waals surface area contributed by atoms with Crippen molar-refractivity contribution < 1.29 is 14.3 Å². The maximum absolute atomic E-state index is 11.0. The van der Waals surface area contributed by atoms with Gasteiger partial charge in [0, 0.05) is 6.07 Å². The fraction of sp³-hybridized carbons (Fsp3) is 0.222. The summed E-state index contributed by atoms with van der Waals surface area (Å²) in [6.45, 7) is 1.71. The van der Waals surface area contributed by atoms with Gasteiger partial charge in [0.2, 0.25) is 6.79 Å². The zero-order valence-corrected chi connectivity index (χ0v) is 6.66. The van der Waals surface area contributed by atoms with Crippen molar-refractivity contribution in [2.45, 2.75) is 6.92 Å². The lowest BCUT2D eigenvalue weighted by atomic mass is 10.1. The lowest BCUT2D eigenvalue weighted by Gasteiger charge is -2.17. The van der Waals surface area contributed by atoms with E-state index in [2.05, 4.69) is 0 Å². The van der Waals surface area contributed by atoms with Crippen LogP contribution in [0.3, 0.4) is 0 Å². The molecule has 12 heavy (non-hydrogen) atoms. The number of carbonyl (C=O) groups is 1. The highest BCUT2D eigenvalue weighted by Gasteiger charge is 2.13. The SMILES string of the molecule is CC(=O)c1ccc2cc1OCO2. The van der Waals surface area contributed by atoms with E-state index < -0.39 is 0 Å². The molecule has 0 atom stereocenters. The van der Waals surface area contributed by atoms with Crippen LogP contribution in [-0.2, 0) is 0 Å². The van der Waals surface area contributed by atoms with Gasteiger partial charge in [-0.15, -0.1) is 0 Å². The molecule has 0 saturated carbocycles. The van der Waals surface area contributed by atoms with Crippen LogP contribution in [0.25, 0.3) is 0 Å². The second kappa shape index (κ2) is 2.52. The van der Waals surface area contributed by atoms with E-state index in [1.807, 2.05) is 0 Å². The molecular formula is C9H8O3. The molecule has 0 aliphatic carbocycles. The Morgan fingerprint density at radius 3 is 3.00 bits per heavy atom. The molecule has 1 aromatic rings. The Hall–Kier alpha value is -1.51. The Kier molecular flexibility index (Phi) is 1.50. The van der Waals surface area contributed by atoms with Crippen molar-refractivity contribution in [2.75, 3.05) is 6.79 Å². The molecule has 2 bridgehead atoms. The third-order valence-electron chi connectivity index (χ3n) is 1.77. The highest BCUT2D eigenvalue weighted by Crippen LogP contribution is 2.28. The van der Waals surface area contributed by atoms with E-state index in [1.54, 1.807) is 18.2 Å². The van der Waals surface area contributed by atoms with E-state index in [0.717, 1.165) is 5.75 Å². The van der Waals surface area contributed by atoms with Gasteiger partial charge in [-0.2, -0.15) is 0 Å². The van der Waals surface area contributed by atoms with Crippen LogP contribution in [0.4, 0.5) is 0 Å². The molecule has 1 aromatic carbocycles. The first-order valence-electron chi connectivity index (χ1n) is 3.68. The minimum atomic E-state index is 0.0125. The summed E-state index contributed by atoms with van der Waals surface area (Å²) in [6, 6.07) is 5.20. The Balaban J connectivity index is 2.52. The van der Waals surface area contributed by atoms with Crippen molar-refractivity contribution in [3.05, 3.63) is 23.8 Å². The molecule has 2 rings (SSSR count). The second-order valence-corrected chi connectivity index (χ2v) is 2.62. The third-order valence-corrected chi connectivity index (χ3v) is 1.77. The van der Waals surface area contributed by atoms with Crippen LogP contribution in [0.15, 0.2) is 18.2 Å². The standard InChI is InChI=1S/C9H8O3/c1-6(10)8-3-2-7-4-9(8)12-5-11-7/h2-4H,5H2,1H3. The van der Waals surface area contributed by atoms with Gasteiger partial charge in [0.25, 0.3) is 0 Å². The molecule has 3 nitrogen and oxygen atoms in total. The predicted octanol–water partition coefficient (Wildman–Crippen LogP) is 1.62. The second-order valence-electron chi connectivity index (χ2n) is 2.62. The number of hydrogen-bond acceptors (Lipinski definition) is 3. The highest BCUT2D eigenvalue weighted by atomic mass is 16.7. The normalized spacial score (nSPS) is 13.1. The van der Waals surface area contributed by atoms with Gasteiger partial charge in [-0.1, -0.05) is 0 Å². The summed E-state index contributed by atoms with van der Waals surface area (Å²) in [5, 5.41) is 0. The van der Waals surface area contributed by atoms with Gasteiger partial charge < -0.3 is 9.47 Å². The summed E-state index contributed by atoms with van der Waals surface area (Å²) in [5.41, 5.74) is 0.613. The molecule has 0 spiro atoms. The van der Waals surface area contributed by atoms with Crippen molar-refractivity contribution in [3.8, 4) is 11.5 Å². The maximum Gasteiger partial charge on any atom is 0.230 e. The molecule has 3 heteroatoms. The van der Waals surface area contributed by atoms with Gasteiger partial charge >= 0.3 is 0 Å². The molecule has 1 aliphatic rings. The Bertz CT molecular complexity index is 331. The van der Waals surface area contributed by atoms with Crippen LogP contribution in [0.5, 0.6) is 11.5 Å². The molecule has 0 fully saturated rings. The highest BCUT2D eigenvalue weighted by molar-refractivity contribution is 5.97. The van der Waals surface area contributed by atoms with Crippen molar-refractivity contribution in [3.63, 3.8) is 0 Å². The number of ketones is 1. The van der Waals surface area contributed by atoms with Gasteiger partial charge in [0.05, 0.1) is 5.56 Å². The summed E-state index contributed by atoms with van der Waals surface area (Å²) < 4.78 is 10.2. The number of rotatable bonds is 1. The monoisotopic (exact) mass is 164 g/mol. The van der Waals surface area contributed by atoms with E-state index in [0.29, 0.717) is 11.3 Å². The summed E-state index contributed by atoms with van der Waals surface area (Å²) in [4.78, 5) is 11.0. The topological polar surface area (TPSA) is 35.5 Å². The third kappa shape index (κ3) is 1.03. The first-order valence-corrected chi connectivity index (χ1v) is 3.68. The van der Waals surface area contributed by atoms with E-state index in [1.165, 1.54) is 6.92 Å². The quantitative estimate of drug-likeness (QED) is 0.591. The van der Waals surface area contributed by atoms with Gasteiger partial charge in [-0.3, -0.25) is 4.79 Å². The fourth-order valence-corrected chi connectivity index (χ4v) is 1.16. The number of fused-ring (bicyclic) bond motifs is 2. The average Bonchev–Trinajstić information content (AvgIpc) is 2.04. The first-order chi connectivity index (χ1) is 5.77. The maximum atomic E-state index is 11.0. The Labute approximate surface area is 69.9 Å². The predicted molar refractivity (Wildman–Crippen MR) is 42.6 cm³/mol. The number of carbonyl (C=O) groups excluding carboxylic acids is 1. The summed E-state index contributed by atoms with van der Waals surface area (Å²) in [7, 11) is 0. The van der Waals surface area contributed by atoms with Crippen LogP contribution in [0.2, 0.25) is 0 Å². The van der Waals surface area contributed by atoms with E-state index >= 15 is 0 Å². The molecule has 0 radical (unpaired) electrons. The number of Topliss-reactive ketones (excluding diaryl/α,β-unsaturated/α-hetero) is 1. The van der Waals surface area contributed by atoms with Crippen LogP contribution in [0, 0.1) is 0 Å². The number of benzene rings is 1. The molecule has 0 aromatic heterocycles. The van der Waals surface area contributed by atoms with Crippen molar-refractivity contribution in [2.24, 2.45) is 0 Å². The molecule has 1 aliphatic heterocycles. The Morgan fingerprint density at radius 1 is 1.42 bits per heavy atom. The van der Waals surface area contributed by atoms with Crippen molar-refractivity contribution in [1.82, 2.24) is 0 Å². The lowest BCUT2D eigenvalue weighted by molar-refractivity contribution is 0.0949. The van der Waals surface area contributed by atoms with E-state index in [4.69, 9.17) is 9.47 Å². The summed E-state index contributed by atoms with van der Waals surface area (Å²) >= 11 is 0. The average molecular weight is 164 g/mol. The van der Waals surface area contributed by atoms with Gasteiger partial charge in [-0.25, -0.2) is 0 Å². The molecule has 0 unspecified atom stereocenters. The number of ether oxygens (including phenoxy) is 2.